The zero-order valence-electron chi connectivity index (χ0n) is 14.2. The summed E-state index contributed by atoms with van der Waals surface area (Å²) < 4.78 is 6.84. The van der Waals surface area contributed by atoms with E-state index in [-0.39, 0.29) is 17.6 Å². The van der Waals surface area contributed by atoms with Crippen molar-refractivity contribution >= 4 is 5.91 Å². The van der Waals surface area contributed by atoms with Crippen LogP contribution in [0.3, 0.4) is 0 Å². The number of nitrogens with zero attached hydrogens (tertiary/aromatic N) is 2. The van der Waals surface area contributed by atoms with Gasteiger partial charge in [0.2, 0.25) is 5.91 Å². The number of H-pyrrole nitrogens is 1. The van der Waals surface area contributed by atoms with Gasteiger partial charge < -0.3 is 10.1 Å². The number of amides is 1. The van der Waals surface area contributed by atoms with Gasteiger partial charge in [-0.3, -0.25) is 9.36 Å². The third-order valence-corrected chi connectivity index (χ3v) is 5.12. The smallest absolute Gasteiger partial charge is 0.343 e. The molecule has 2 heterocycles. The van der Waals surface area contributed by atoms with Gasteiger partial charge in [0.25, 0.3) is 0 Å². The molecule has 132 valence electrons. The number of ether oxygens (including phenoxy) is 1. The SMILES string of the molecule is Cn1c(C[C@H]2CCCC[C@H]2NC(=O)CC2=CCOCC2)n[nH]c1=O. The Morgan fingerprint density at radius 3 is 3.00 bits per heavy atom. The van der Waals surface area contributed by atoms with Crippen molar-refractivity contribution in [2.45, 2.75) is 51.0 Å². The molecule has 1 aromatic rings. The standard InChI is InChI=1S/C17H26N4O3/c1-21-15(19-20-17(21)23)11-13-4-2-3-5-14(13)18-16(22)10-12-6-8-24-9-7-12/h6,13-14H,2-5,7-11H2,1H3,(H,18,22)(H,20,23)/t13-,14-/m1/s1. The van der Waals surface area contributed by atoms with E-state index in [1.807, 2.05) is 6.08 Å². The zero-order valence-corrected chi connectivity index (χ0v) is 14.2. The molecule has 0 aromatic carbocycles. The Hall–Kier alpha value is -1.89. The molecule has 24 heavy (non-hydrogen) atoms. The van der Waals surface area contributed by atoms with Crippen LogP contribution in [0.2, 0.25) is 0 Å². The number of rotatable bonds is 5. The van der Waals surface area contributed by atoms with Gasteiger partial charge in [-0.15, -0.1) is 0 Å². The zero-order chi connectivity index (χ0) is 16.9. The molecule has 2 aliphatic rings. The number of carbonyl (C=O) groups is 1. The number of nitrogens with one attached hydrogen (secondary N) is 2. The fourth-order valence-corrected chi connectivity index (χ4v) is 3.63. The molecule has 1 saturated carbocycles. The van der Waals surface area contributed by atoms with Crippen LogP contribution in [0.15, 0.2) is 16.4 Å². The summed E-state index contributed by atoms with van der Waals surface area (Å²) in [5.41, 5.74) is 0.980. The summed E-state index contributed by atoms with van der Waals surface area (Å²) in [4.78, 5) is 23.9. The summed E-state index contributed by atoms with van der Waals surface area (Å²) in [7, 11) is 1.73. The van der Waals surface area contributed by atoms with Crippen LogP contribution in [-0.2, 0) is 23.0 Å². The topological polar surface area (TPSA) is 89.0 Å². The van der Waals surface area contributed by atoms with Crippen LogP contribution in [-0.4, -0.2) is 39.9 Å². The van der Waals surface area contributed by atoms with Crippen molar-refractivity contribution in [3.63, 3.8) is 0 Å². The van der Waals surface area contributed by atoms with Crippen LogP contribution in [0.4, 0.5) is 0 Å². The first-order chi connectivity index (χ1) is 11.6. The summed E-state index contributed by atoms with van der Waals surface area (Å²) in [5, 5.41) is 9.81. The molecule has 3 rings (SSSR count). The lowest BCUT2D eigenvalue weighted by molar-refractivity contribution is -0.121. The van der Waals surface area contributed by atoms with Gasteiger partial charge in [0.05, 0.1) is 13.2 Å². The minimum Gasteiger partial charge on any atom is -0.377 e. The quantitative estimate of drug-likeness (QED) is 0.788. The van der Waals surface area contributed by atoms with Crippen molar-refractivity contribution in [3.8, 4) is 0 Å². The normalized spacial score (nSPS) is 24.5. The van der Waals surface area contributed by atoms with E-state index in [1.165, 1.54) is 5.57 Å². The minimum atomic E-state index is -0.187. The molecule has 7 nitrogen and oxygen atoms in total. The lowest BCUT2D eigenvalue weighted by atomic mass is 9.82. The van der Waals surface area contributed by atoms with Crippen molar-refractivity contribution < 1.29 is 9.53 Å². The first-order valence-electron chi connectivity index (χ1n) is 8.79. The molecule has 2 atom stereocenters. The molecule has 0 bridgehead atoms. The summed E-state index contributed by atoms with van der Waals surface area (Å²) in [6.45, 7) is 1.32. The predicted octanol–water partition coefficient (Wildman–Crippen LogP) is 1.06. The van der Waals surface area contributed by atoms with Crippen LogP contribution in [0.1, 0.15) is 44.3 Å². The second-order valence-electron chi connectivity index (χ2n) is 6.79. The van der Waals surface area contributed by atoms with E-state index < -0.39 is 0 Å². The van der Waals surface area contributed by atoms with Gasteiger partial charge in [0.1, 0.15) is 5.82 Å². The highest BCUT2D eigenvalue weighted by molar-refractivity contribution is 5.78. The van der Waals surface area contributed by atoms with Crippen LogP contribution in [0, 0.1) is 5.92 Å². The predicted molar refractivity (Wildman–Crippen MR) is 89.6 cm³/mol. The second-order valence-corrected chi connectivity index (χ2v) is 6.79. The van der Waals surface area contributed by atoms with Crippen molar-refractivity contribution in [2.75, 3.05) is 13.2 Å². The number of aromatic amines is 1. The van der Waals surface area contributed by atoms with Crippen LogP contribution in [0.5, 0.6) is 0 Å². The molecule has 0 spiro atoms. The summed E-state index contributed by atoms with van der Waals surface area (Å²) >= 11 is 0. The van der Waals surface area contributed by atoms with Crippen LogP contribution < -0.4 is 11.0 Å². The molecule has 0 saturated heterocycles. The monoisotopic (exact) mass is 334 g/mol. The fraction of sp³-hybridized carbons (Fsp3) is 0.706. The highest BCUT2D eigenvalue weighted by Crippen LogP contribution is 2.27. The van der Waals surface area contributed by atoms with Crippen LogP contribution >= 0.6 is 0 Å². The van der Waals surface area contributed by atoms with Gasteiger partial charge in [-0.1, -0.05) is 24.5 Å². The van der Waals surface area contributed by atoms with Gasteiger partial charge in [0, 0.05) is 25.9 Å². The molecule has 1 aliphatic heterocycles. The first-order valence-corrected chi connectivity index (χ1v) is 8.79. The van der Waals surface area contributed by atoms with Crippen molar-refractivity contribution in [1.82, 2.24) is 20.1 Å². The van der Waals surface area contributed by atoms with Crippen molar-refractivity contribution in [1.29, 1.82) is 0 Å². The molecule has 7 heteroatoms. The molecule has 0 radical (unpaired) electrons. The first kappa shape index (κ1) is 17.0. The van der Waals surface area contributed by atoms with Crippen molar-refractivity contribution in [2.24, 2.45) is 13.0 Å². The average molecular weight is 334 g/mol. The minimum absolute atomic E-state index is 0.0935. The van der Waals surface area contributed by atoms with E-state index in [4.69, 9.17) is 4.74 Å². The maximum absolute atomic E-state index is 12.4. The highest BCUT2D eigenvalue weighted by Gasteiger charge is 2.28. The number of hydrogen-bond acceptors (Lipinski definition) is 4. The average Bonchev–Trinajstić information content (AvgIpc) is 2.89. The summed E-state index contributed by atoms with van der Waals surface area (Å²) in [5.74, 6) is 1.19. The molecular weight excluding hydrogens is 308 g/mol. The van der Waals surface area contributed by atoms with Gasteiger partial charge >= 0.3 is 5.69 Å². The van der Waals surface area contributed by atoms with Gasteiger partial charge in [-0.05, 0) is 25.2 Å². The fourth-order valence-electron chi connectivity index (χ4n) is 3.63. The van der Waals surface area contributed by atoms with Gasteiger partial charge in [-0.2, -0.15) is 5.10 Å². The maximum atomic E-state index is 12.4. The van der Waals surface area contributed by atoms with E-state index in [0.29, 0.717) is 25.6 Å². The van der Waals surface area contributed by atoms with E-state index >= 15 is 0 Å². The lowest BCUT2D eigenvalue weighted by Gasteiger charge is -2.32. The third-order valence-electron chi connectivity index (χ3n) is 5.12. The Kier molecular flexibility index (Phi) is 5.50. The molecule has 1 amide bonds. The molecule has 1 aromatic heterocycles. The number of aromatic nitrogens is 3. The van der Waals surface area contributed by atoms with E-state index in [2.05, 4.69) is 15.5 Å². The Morgan fingerprint density at radius 1 is 1.46 bits per heavy atom. The highest BCUT2D eigenvalue weighted by atomic mass is 16.5. The Morgan fingerprint density at radius 2 is 2.29 bits per heavy atom. The molecule has 2 N–H and O–H groups in total. The Labute approximate surface area is 141 Å². The van der Waals surface area contributed by atoms with Gasteiger partial charge in [-0.25, -0.2) is 9.89 Å². The van der Waals surface area contributed by atoms with E-state index in [0.717, 1.165) is 44.3 Å². The Balaban J connectivity index is 1.59. The lowest BCUT2D eigenvalue weighted by Crippen LogP contribution is -2.43. The molecule has 1 fully saturated rings. The van der Waals surface area contributed by atoms with Crippen molar-refractivity contribution in [3.05, 3.63) is 28.0 Å². The summed E-state index contributed by atoms with van der Waals surface area (Å²) in [6, 6.07) is 0.165. The summed E-state index contributed by atoms with van der Waals surface area (Å²) in [6.07, 6.45) is 8.40. The third kappa shape index (κ3) is 4.14. The molecular formula is C17H26N4O3. The number of carbonyl (C=O) groups excluding carboxylic acids is 1. The Bertz CT molecular complexity index is 661. The van der Waals surface area contributed by atoms with E-state index in [9.17, 15) is 9.59 Å². The largest absolute Gasteiger partial charge is 0.377 e. The van der Waals surface area contributed by atoms with Gasteiger partial charge in [0.15, 0.2) is 0 Å². The molecule has 0 unspecified atom stereocenters. The second kappa shape index (κ2) is 7.79. The van der Waals surface area contributed by atoms with E-state index in [1.54, 1.807) is 11.6 Å². The maximum Gasteiger partial charge on any atom is 0.343 e. The molecule has 1 aliphatic carbocycles. The number of hydrogen-bond donors (Lipinski definition) is 2. The van der Waals surface area contributed by atoms with Crippen LogP contribution in [0.25, 0.3) is 0 Å².